The zero-order valence-electron chi connectivity index (χ0n) is 18.9. The Bertz CT molecular complexity index is 1410. The van der Waals surface area contributed by atoms with Crippen molar-refractivity contribution >= 4 is 40.1 Å². The van der Waals surface area contributed by atoms with Crippen molar-refractivity contribution in [2.45, 2.75) is 37.1 Å². The first-order chi connectivity index (χ1) is 17.4. The quantitative estimate of drug-likeness (QED) is 0.188. The van der Waals surface area contributed by atoms with Crippen LogP contribution in [0.4, 0.5) is 28.9 Å². The van der Waals surface area contributed by atoms with Crippen molar-refractivity contribution < 1.29 is 22.4 Å². The number of carbonyl (C=O) groups is 1. The van der Waals surface area contributed by atoms with Crippen LogP contribution in [0.1, 0.15) is 47.2 Å². The minimum absolute atomic E-state index is 0.00623. The van der Waals surface area contributed by atoms with Crippen LogP contribution < -0.4 is 10.0 Å². The van der Waals surface area contributed by atoms with E-state index in [4.69, 9.17) is 0 Å². The summed E-state index contributed by atoms with van der Waals surface area (Å²) in [5.41, 5.74) is -0.209. The Morgan fingerprint density at radius 3 is 2.81 bits per heavy atom. The lowest BCUT2D eigenvalue weighted by Gasteiger charge is -2.22. The number of nitrogens with zero attached hydrogens (tertiary/aromatic N) is 2. The summed E-state index contributed by atoms with van der Waals surface area (Å²) < 4.78 is 60.5. The van der Waals surface area contributed by atoms with Gasteiger partial charge in [0.1, 0.15) is 23.7 Å². The maximum absolute atomic E-state index is 15.4. The van der Waals surface area contributed by atoms with Crippen LogP contribution in [-0.4, -0.2) is 33.7 Å². The van der Waals surface area contributed by atoms with Crippen molar-refractivity contribution in [3.8, 4) is 6.07 Å². The molecular weight excluding hydrogens is 494 g/mol. The summed E-state index contributed by atoms with van der Waals surface area (Å²) in [5, 5.41) is 12.1. The van der Waals surface area contributed by atoms with E-state index in [1.165, 1.54) is 12.4 Å². The number of halogens is 4. The van der Waals surface area contributed by atoms with Gasteiger partial charge in [-0.2, -0.15) is 5.26 Å². The Balaban J connectivity index is 1.49. The molecule has 1 saturated carbocycles. The number of fused-ring (bicyclic) bond motifs is 1. The van der Waals surface area contributed by atoms with Gasteiger partial charge in [-0.3, -0.25) is 4.79 Å². The second-order valence-electron chi connectivity index (χ2n) is 8.87. The van der Waals surface area contributed by atoms with Gasteiger partial charge < -0.3 is 15.0 Å². The van der Waals surface area contributed by atoms with E-state index in [1.54, 1.807) is 0 Å². The van der Waals surface area contributed by atoms with Crippen molar-refractivity contribution in [3.63, 3.8) is 0 Å². The maximum atomic E-state index is 15.4. The number of allylic oxidation sites excluding steroid dienone is 1. The summed E-state index contributed by atoms with van der Waals surface area (Å²) in [4.78, 5) is 20.4. The second kappa shape index (κ2) is 9.85. The molecule has 0 bridgehead atoms. The Morgan fingerprint density at radius 2 is 2.06 bits per heavy atom. The number of hydrogen-bond donors (Lipinski definition) is 3. The summed E-state index contributed by atoms with van der Waals surface area (Å²) in [6, 6.07) is 4.07. The topological polar surface area (TPSA) is 93.6 Å². The van der Waals surface area contributed by atoms with E-state index in [9.17, 15) is 23.2 Å². The number of aromatic amines is 1. The van der Waals surface area contributed by atoms with Gasteiger partial charge in [0, 0.05) is 25.4 Å². The van der Waals surface area contributed by atoms with Gasteiger partial charge in [-0.1, -0.05) is 0 Å². The predicted octanol–water partition coefficient (Wildman–Crippen LogP) is 6.18. The van der Waals surface area contributed by atoms with E-state index in [0.717, 1.165) is 43.0 Å². The molecule has 0 radical (unpaired) electrons. The van der Waals surface area contributed by atoms with Gasteiger partial charge in [0.25, 0.3) is 0 Å². The number of carbonyl (C=O) groups excluding carboxylic acids is 1. The first kappa shape index (κ1) is 24.2. The van der Waals surface area contributed by atoms with E-state index in [2.05, 4.69) is 20.0 Å². The highest BCUT2D eigenvalue weighted by atomic mass is 32.2. The number of hydrogen-bond acceptors (Lipinski definition) is 6. The molecule has 6 nitrogen and oxygen atoms in total. The van der Waals surface area contributed by atoms with Crippen LogP contribution in [0, 0.1) is 28.9 Å². The molecule has 0 saturated heterocycles. The highest BCUT2D eigenvalue weighted by molar-refractivity contribution is 8.01. The number of H-pyrrole nitrogens is 1. The lowest BCUT2D eigenvalue weighted by molar-refractivity contribution is 0.103. The summed E-state index contributed by atoms with van der Waals surface area (Å²) in [6.45, 7) is 0.595. The summed E-state index contributed by atoms with van der Waals surface area (Å²) in [5.74, 6) is -3.16. The van der Waals surface area contributed by atoms with Crippen LogP contribution in [0.15, 0.2) is 36.4 Å². The molecule has 0 aliphatic heterocycles. The molecule has 2 aliphatic rings. The fourth-order valence-electron chi connectivity index (χ4n) is 4.13. The molecule has 0 spiro atoms. The number of rotatable bonds is 8. The Labute approximate surface area is 208 Å². The number of anilines is 2. The van der Waals surface area contributed by atoms with Gasteiger partial charge in [-0.05, 0) is 55.3 Å². The number of nitrogens with one attached hydrogen (secondary N) is 3. The van der Waals surface area contributed by atoms with Crippen LogP contribution in [-0.2, 0) is 0 Å². The molecule has 1 aromatic carbocycles. The Kier molecular flexibility index (Phi) is 6.62. The van der Waals surface area contributed by atoms with Crippen LogP contribution >= 0.6 is 11.9 Å². The van der Waals surface area contributed by atoms with E-state index in [1.807, 2.05) is 6.07 Å². The third-order valence-electron chi connectivity index (χ3n) is 6.31. The van der Waals surface area contributed by atoms with Crippen molar-refractivity contribution in [1.29, 1.82) is 5.26 Å². The molecule has 2 aliphatic carbocycles. The lowest BCUT2D eigenvalue weighted by atomic mass is 10.00. The minimum atomic E-state index is -1.33. The SMILES string of the molecule is N#Cc1cnc2[nH]cc(C(=O)c3c(F)ccc(NSC4C=C(F)CCC4F)c3F)c2c1NCC1CC1. The van der Waals surface area contributed by atoms with E-state index in [0.29, 0.717) is 23.8 Å². The van der Waals surface area contributed by atoms with Crippen LogP contribution in [0.2, 0.25) is 0 Å². The molecule has 2 aromatic heterocycles. The third kappa shape index (κ3) is 4.65. The van der Waals surface area contributed by atoms with Gasteiger partial charge in [0.05, 0.1) is 44.5 Å². The van der Waals surface area contributed by atoms with Crippen LogP contribution in [0.3, 0.4) is 0 Å². The van der Waals surface area contributed by atoms with Gasteiger partial charge in [-0.15, -0.1) is 0 Å². The number of ketones is 1. The second-order valence-corrected chi connectivity index (χ2v) is 9.86. The smallest absolute Gasteiger partial charge is 0.201 e. The highest BCUT2D eigenvalue weighted by Gasteiger charge is 2.29. The van der Waals surface area contributed by atoms with Crippen molar-refractivity contribution in [2.75, 3.05) is 16.6 Å². The zero-order chi connectivity index (χ0) is 25.4. The van der Waals surface area contributed by atoms with Gasteiger partial charge in [0.2, 0.25) is 5.78 Å². The van der Waals surface area contributed by atoms with Crippen LogP contribution in [0.25, 0.3) is 11.0 Å². The normalized spacial score (nSPS) is 19.6. The molecule has 2 atom stereocenters. The Hall–Kier alpha value is -3.52. The van der Waals surface area contributed by atoms with Crippen LogP contribution in [0.5, 0.6) is 0 Å². The van der Waals surface area contributed by atoms with E-state index >= 15 is 4.39 Å². The number of nitriles is 1. The largest absolute Gasteiger partial charge is 0.383 e. The summed E-state index contributed by atoms with van der Waals surface area (Å²) in [7, 11) is 0. The molecular formula is C25H21F4N5OS. The first-order valence-electron chi connectivity index (χ1n) is 11.5. The molecule has 11 heteroatoms. The monoisotopic (exact) mass is 515 g/mol. The summed E-state index contributed by atoms with van der Waals surface area (Å²) >= 11 is 0.748. The molecule has 0 amide bonds. The molecule has 3 N–H and O–H groups in total. The van der Waals surface area contributed by atoms with E-state index < -0.39 is 40.2 Å². The summed E-state index contributed by atoms with van der Waals surface area (Å²) in [6.07, 6.45) is 4.60. The van der Waals surface area contributed by atoms with Gasteiger partial charge in [0.15, 0.2) is 5.82 Å². The first-order valence-corrected chi connectivity index (χ1v) is 12.3. The molecule has 2 unspecified atom stereocenters. The fraction of sp³-hybridized carbons (Fsp3) is 0.320. The molecule has 36 heavy (non-hydrogen) atoms. The molecule has 5 rings (SSSR count). The average molecular weight is 516 g/mol. The zero-order valence-corrected chi connectivity index (χ0v) is 19.7. The predicted molar refractivity (Wildman–Crippen MR) is 130 cm³/mol. The standard InChI is InChI=1S/C25H21F4N5OS/c26-14-3-4-16(27)19(7-14)36-34-18-6-5-17(28)21(22(18)29)24(35)15-11-33-25-20(15)23(13(8-30)10-32-25)31-9-12-1-2-12/h5-7,10-12,16,19,34H,1-4,9H2,(H2,31,32,33). The van der Waals surface area contributed by atoms with Crippen molar-refractivity contribution in [3.05, 3.63) is 64.8 Å². The highest BCUT2D eigenvalue weighted by Crippen LogP contribution is 2.36. The Morgan fingerprint density at radius 1 is 1.25 bits per heavy atom. The van der Waals surface area contributed by atoms with Crippen molar-refractivity contribution in [2.24, 2.45) is 5.92 Å². The number of pyridine rings is 1. The number of benzene rings is 1. The number of alkyl halides is 1. The molecule has 2 heterocycles. The fourth-order valence-corrected chi connectivity index (χ4v) is 5.05. The van der Waals surface area contributed by atoms with Gasteiger partial charge >= 0.3 is 0 Å². The molecule has 3 aromatic rings. The lowest BCUT2D eigenvalue weighted by Crippen LogP contribution is -2.22. The average Bonchev–Trinajstić information content (AvgIpc) is 3.60. The maximum Gasteiger partial charge on any atom is 0.201 e. The van der Waals surface area contributed by atoms with Crippen molar-refractivity contribution in [1.82, 2.24) is 9.97 Å². The molecule has 186 valence electrons. The third-order valence-corrected chi connectivity index (χ3v) is 7.36. The minimum Gasteiger partial charge on any atom is -0.383 e. The van der Waals surface area contributed by atoms with E-state index in [-0.39, 0.29) is 35.0 Å². The van der Waals surface area contributed by atoms with Gasteiger partial charge in [-0.25, -0.2) is 22.5 Å². The number of aromatic nitrogens is 2. The molecule has 1 fully saturated rings.